The minimum absolute atomic E-state index is 0.111. The highest BCUT2D eigenvalue weighted by molar-refractivity contribution is 5.90. The van der Waals surface area contributed by atoms with E-state index in [1.165, 1.54) is 0 Å². The molecule has 5 nitrogen and oxygen atoms in total. The largest absolute Gasteiger partial charge is 0.493 e. The van der Waals surface area contributed by atoms with E-state index in [4.69, 9.17) is 9.47 Å². The number of aromatic nitrogens is 1. The number of H-pyrrole nitrogens is 1. The van der Waals surface area contributed by atoms with Crippen LogP contribution in [0.2, 0.25) is 0 Å². The summed E-state index contributed by atoms with van der Waals surface area (Å²) in [7, 11) is 3.23. The zero-order chi connectivity index (χ0) is 19.4. The molecule has 0 bridgehead atoms. The zero-order valence-electron chi connectivity index (χ0n) is 16.3. The average molecular weight is 366 g/mol. The van der Waals surface area contributed by atoms with Gasteiger partial charge in [0.05, 0.1) is 20.6 Å². The van der Waals surface area contributed by atoms with E-state index < -0.39 is 0 Å². The van der Waals surface area contributed by atoms with Gasteiger partial charge in [0, 0.05) is 29.7 Å². The van der Waals surface area contributed by atoms with Crippen LogP contribution in [-0.4, -0.2) is 36.6 Å². The van der Waals surface area contributed by atoms with Gasteiger partial charge in [-0.1, -0.05) is 24.3 Å². The lowest BCUT2D eigenvalue weighted by Crippen LogP contribution is -2.31. The summed E-state index contributed by atoms with van der Waals surface area (Å²) in [6.45, 7) is 5.21. The molecule has 5 heteroatoms. The summed E-state index contributed by atoms with van der Waals surface area (Å²) in [5, 5.41) is 1.12. The molecule has 0 aliphatic rings. The topological polar surface area (TPSA) is 54.6 Å². The number of benzene rings is 2. The predicted molar refractivity (Wildman–Crippen MR) is 107 cm³/mol. The number of aryl methyl sites for hydroxylation is 1. The lowest BCUT2D eigenvalue weighted by atomic mass is 10.1. The van der Waals surface area contributed by atoms with Crippen molar-refractivity contribution < 1.29 is 14.3 Å². The molecule has 0 saturated heterocycles. The molecule has 0 spiro atoms. The molecule has 27 heavy (non-hydrogen) atoms. The Labute approximate surface area is 159 Å². The van der Waals surface area contributed by atoms with Gasteiger partial charge in [-0.2, -0.15) is 0 Å². The van der Waals surface area contributed by atoms with E-state index in [1.807, 2.05) is 55.1 Å². The van der Waals surface area contributed by atoms with E-state index in [0.29, 0.717) is 31.0 Å². The molecule has 0 aliphatic carbocycles. The van der Waals surface area contributed by atoms with Gasteiger partial charge >= 0.3 is 0 Å². The Morgan fingerprint density at radius 2 is 1.81 bits per heavy atom. The molecule has 0 aliphatic heterocycles. The first-order chi connectivity index (χ1) is 13.1. The number of ether oxygens (including phenoxy) is 2. The molecule has 1 N–H and O–H groups in total. The third-order valence-corrected chi connectivity index (χ3v) is 4.91. The first kappa shape index (κ1) is 18.8. The van der Waals surface area contributed by atoms with Crippen LogP contribution in [0.25, 0.3) is 10.9 Å². The van der Waals surface area contributed by atoms with Gasteiger partial charge in [0.25, 0.3) is 0 Å². The maximum atomic E-state index is 13.0. The minimum atomic E-state index is 0.111. The number of fused-ring (bicyclic) bond motifs is 1. The third kappa shape index (κ3) is 3.92. The monoisotopic (exact) mass is 366 g/mol. The number of carbonyl (C=O) groups excluding carboxylic acids is 1. The lowest BCUT2D eigenvalue weighted by Gasteiger charge is -2.22. The molecule has 1 heterocycles. The Bertz CT molecular complexity index is 946. The van der Waals surface area contributed by atoms with Gasteiger partial charge in [0.2, 0.25) is 5.91 Å². The first-order valence-corrected chi connectivity index (χ1v) is 9.12. The SMILES string of the molecule is CCN(Cc1ccc(OC)c(OC)c1)C(=O)Cc1c(C)[nH]c2ccccc12. The van der Waals surface area contributed by atoms with E-state index in [-0.39, 0.29) is 5.91 Å². The van der Waals surface area contributed by atoms with Crippen molar-refractivity contribution in [2.24, 2.45) is 0 Å². The van der Waals surface area contributed by atoms with Crippen LogP contribution in [0.4, 0.5) is 0 Å². The molecular weight excluding hydrogens is 340 g/mol. The fourth-order valence-electron chi connectivity index (χ4n) is 3.40. The van der Waals surface area contributed by atoms with E-state index in [1.54, 1.807) is 14.2 Å². The molecule has 1 amide bonds. The molecule has 3 aromatic rings. The number of likely N-dealkylation sites (N-methyl/N-ethyl adjacent to an activating group) is 1. The second-order valence-corrected chi connectivity index (χ2v) is 6.55. The van der Waals surface area contributed by atoms with E-state index >= 15 is 0 Å². The number of aromatic amines is 1. The maximum Gasteiger partial charge on any atom is 0.227 e. The van der Waals surface area contributed by atoms with Crippen molar-refractivity contribution in [2.45, 2.75) is 26.8 Å². The molecule has 1 aromatic heterocycles. The summed E-state index contributed by atoms with van der Waals surface area (Å²) in [5.74, 6) is 1.47. The molecule has 0 unspecified atom stereocenters. The van der Waals surface area contributed by atoms with Crippen LogP contribution in [0.3, 0.4) is 0 Å². The second-order valence-electron chi connectivity index (χ2n) is 6.55. The number of carbonyl (C=O) groups is 1. The Kier molecular flexibility index (Phi) is 5.69. The second kappa shape index (κ2) is 8.16. The molecule has 2 aromatic carbocycles. The molecule has 0 atom stereocenters. The van der Waals surface area contributed by atoms with Crippen LogP contribution < -0.4 is 9.47 Å². The Hall–Kier alpha value is -2.95. The van der Waals surface area contributed by atoms with Crippen LogP contribution in [0.1, 0.15) is 23.7 Å². The van der Waals surface area contributed by atoms with Gasteiger partial charge in [-0.15, -0.1) is 0 Å². The highest BCUT2D eigenvalue weighted by Gasteiger charge is 2.18. The van der Waals surface area contributed by atoms with Gasteiger partial charge in [-0.05, 0) is 43.2 Å². The van der Waals surface area contributed by atoms with Crippen molar-refractivity contribution in [3.8, 4) is 11.5 Å². The van der Waals surface area contributed by atoms with Crippen molar-refractivity contribution in [3.63, 3.8) is 0 Å². The van der Waals surface area contributed by atoms with Gasteiger partial charge in [-0.3, -0.25) is 4.79 Å². The van der Waals surface area contributed by atoms with Crippen LogP contribution in [-0.2, 0) is 17.8 Å². The van der Waals surface area contributed by atoms with Gasteiger partial charge < -0.3 is 19.4 Å². The van der Waals surface area contributed by atoms with Crippen molar-refractivity contribution in [3.05, 3.63) is 59.3 Å². The first-order valence-electron chi connectivity index (χ1n) is 9.12. The standard InChI is InChI=1S/C22H26N2O3/c1-5-24(14-16-10-11-20(26-3)21(12-16)27-4)22(25)13-18-15(2)23-19-9-7-6-8-17(18)19/h6-12,23H,5,13-14H2,1-4H3. The third-order valence-electron chi connectivity index (χ3n) is 4.91. The van der Waals surface area contributed by atoms with Crippen LogP contribution in [0.5, 0.6) is 11.5 Å². The fourth-order valence-corrected chi connectivity index (χ4v) is 3.40. The number of nitrogens with one attached hydrogen (secondary N) is 1. The number of hydrogen-bond acceptors (Lipinski definition) is 3. The van der Waals surface area contributed by atoms with E-state index in [9.17, 15) is 4.79 Å². The van der Waals surface area contributed by atoms with Crippen LogP contribution in [0.15, 0.2) is 42.5 Å². The molecular formula is C22H26N2O3. The highest BCUT2D eigenvalue weighted by atomic mass is 16.5. The van der Waals surface area contributed by atoms with Gasteiger partial charge in [0.15, 0.2) is 11.5 Å². The summed E-state index contributed by atoms with van der Waals surface area (Å²) in [5.41, 5.74) is 4.20. The number of amides is 1. The molecule has 0 saturated carbocycles. The smallest absolute Gasteiger partial charge is 0.227 e. The van der Waals surface area contributed by atoms with Crippen molar-refractivity contribution >= 4 is 16.8 Å². The maximum absolute atomic E-state index is 13.0. The van der Waals surface area contributed by atoms with E-state index in [2.05, 4.69) is 11.1 Å². The normalized spacial score (nSPS) is 10.8. The quantitative estimate of drug-likeness (QED) is 0.685. The van der Waals surface area contributed by atoms with Gasteiger partial charge in [-0.25, -0.2) is 0 Å². The Morgan fingerprint density at radius 3 is 2.52 bits per heavy atom. The van der Waals surface area contributed by atoms with Crippen molar-refractivity contribution in [2.75, 3.05) is 20.8 Å². The molecule has 3 rings (SSSR count). The summed E-state index contributed by atoms with van der Waals surface area (Å²) >= 11 is 0. The van der Waals surface area contributed by atoms with Crippen LogP contribution in [0, 0.1) is 6.92 Å². The van der Waals surface area contributed by atoms with Gasteiger partial charge in [0.1, 0.15) is 0 Å². The minimum Gasteiger partial charge on any atom is -0.493 e. The zero-order valence-corrected chi connectivity index (χ0v) is 16.3. The number of methoxy groups -OCH3 is 2. The van der Waals surface area contributed by atoms with Crippen molar-refractivity contribution in [1.29, 1.82) is 0 Å². The average Bonchev–Trinajstić information content (AvgIpc) is 3.01. The van der Waals surface area contributed by atoms with Crippen LogP contribution >= 0.6 is 0 Å². The molecule has 0 radical (unpaired) electrons. The molecule has 0 fully saturated rings. The highest BCUT2D eigenvalue weighted by Crippen LogP contribution is 2.28. The fraction of sp³-hybridized carbons (Fsp3) is 0.318. The molecule has 142 valence electrons. The summed E-state index contributed by atoms with van der Waals surface area (Å²) in [4.78, 5) is 18.2. The number of hydrogen-bond donors (Lipinski definition) is 1. The van der Waals surface area contributed by atoms with Crippen molar-refractivity contribution in [1.82, 2.24) is 9.88 Å². The summed E-state index contributed by atoms with van der Waals surface area (Å²) in [6.07, 6.45) is 0.386. The Morgan fingerprint density at radius 1 is 1.07 bits per heavy atom. The number of nitrogens with zero attached hydrogens (tertiary/aromatic N) is 1. The Balaban J connectivity index is 1.79. The van der Waals surface area contributed by atoms with E-state index in [0.717, 1.165) is 27.7 Å². The number of rotatable bonds is 7. The summed E-state index contributed by atoms with van der Waals surface area (Å²) < 4.78 is 10.7. The summed E-state index contributed by atoms with van der Waals surface area (Å²) in [6, 6.07) is 13.9. The lowest BCUT2D eigenvalue weighted by molar-refractivity contribution is -0.130. The number of para-hydroxylation sites is 1. The predicted octanol–water partition coefficient (Wildman–Crippen LogP) is 4.08.